The topological polar surface area (TPSA) is 115 Å². The maximum absolute atomic E-state index is 13.1. The van der Waals surface area contributed by atoms with Crippen LogP contribution in [0.5, 0.6) is 0 Å². The number of carbonyl (C=O) groups excluding carboxylic acids is 2. The SMILES string of the molecule is NC(=O)c1cccc(-c2cnc(N)nc2[C@@H]2CCCN(C(=O)CCc3ccc(F)cc3)C2)c1. The molecule has 0 bridgehead atoms. The number of benzene rings is 2. The van der Waals surface area contributed by atoms with E-state index < -0.39 is 5.91 Å². The molecule has 4 N–H and O–H groups in total. The first kappa shape index (κ1) is 22.4. The second kappa shape index (κ2) is 9.77. The van der Waals surface area contributed by atoms with Crippen LogP contribution in [-0.4, -0.2) is 39.8 Å². The number of hydrogen-bond donors (Lipinski definition) is 2. The molecule has 1 aromatic heterocycles. The summed E-state index contributed by atoms with van der Waals surface area (Å²) in [6.45, 7) is 1.22. The van der Waals surface area contributed by atoms with Gasteiger partial charge in [-0.25, -0.2) is 14.4 Å². The van der Waals surface area contributed by atoms with Crippen molar-refractivity contribution in [3.8, 4) is 11.1 Å². The largest absolute Gasteiger partial charge is 0.368 e. The molecule has 1 aliphatic rings. The lowest BCUT2D eigenvalue weighted by molar-refractivity contribution is -0.132. The lowest BCUT2D eigenvalue weighted by atomic mass is 9.89. The third-order valence-corrected chi connectivity index (χ3v) is 6.00. The average molecular weight is 448 g/mol. The van der Waals surface area contributed by atoms with Crippen LogP contribution in [0.25, 0.3) is 11.1 Å². The number of amides is 2. The van der Waals surface area contributed by atoms with Crippen LogP contribution in [0.2, 0.25) is 0 Å². The molecule has 2 aromatic carbocycles. The summed E-state index contributed by atoms with van der Waals surface area (Å²) < 4.78 is 13.1. The van der Waals surface area contributed by atoms with Gasteiger partial charge in [0.2, 0.25) is 17.8 Å². The zero-order chi connectivity index (χ0) is 23.4. The molecule has 0 unspecified atom stereocenters. The molecule has 2 amide bonds. The van der Waals surface area contributed by atoms with Crippen molar-refractivity contribution in [2.45, 2.75) is 31.6 Å². The number of likely N-dealkylation sites (tertiary alicyclic amines) is 1. The Morgan fingerprint density at radius 1 is 1.15 bits per heavy atom. The van der Waals surface area contributed by atoms with Crippen LogP contribution in [0.3, 0.4) is 0 Å². The fourth-order valence-electron chi connectivity index (χ4n) is 4.27. The van der Waals surface area contributed by atoms with E-state index in [9.17, 15) is 14.0 Å². The molecule has 1 atom stereocenters. The van der Waals surface area contributed by atoms with E-state index in [1.807, 2.05) is 11.0 Å². The van der Waals surface area contributed by atoms with Crippen LogP contribution in [-0.2, 0) is 11.2 Å². The fraction of sp³-hybridized carbons (Fsp3) is 0.280. The van der Waals surface area contributed by atoms with Crippen LogP contribution in [0, 0.1) is 5.82 Å². The van der Waals surface area contributed by atoms with Gasteiger partial charge in [0.05, 0.1) is 5.69 Å². The van der Waals surface area contributed by atoms with Gasteiger partial charge in [-0.15, -0.1) is 0 Å². The Labute approximate surface area is 191 Å². The van der Waals surface area contributed by atoms with Crippen molar-refractivity contribution in [2.24, 2.45) is 5.73 Å². The second-order valence-corrected chi connectivity index (χ2v) is 8.28. The van der Waals surface area contributed by atoms with Crippen molar-refractivity contribution >= 4 is 17.8 Å². The van der Waals surface area contributed by atoms with E-state index in [2.05, 4.69) is 9.97 Å². The standard InChI is InChI=1S/C25H26FN5O2/c26-20-9-6-16(7-10-20)8-11-22(32)31-12-2-5-19(15-31)23-21(14-29-25(28)30-23)17-3-1-4-18(13-17)24(27)33/h1,3-4,6-7,9-10,13-14,19H,2,5,8,11-12,15H2,(H2,27,33)(H2,28,29,30)/t19-/m1/s1. The molecule has 33 heavy (non-hydrogen) atoms. The molecule has 1 saturated heterocycles. The molecular weight excluding hydrogens is 421 g/mol. The summed E-state index contributed by atoms with van der Waals surface area (Å²) in [5, 5.41) is 0. The van der Waals surface area contributed by atoms with Gasteiger partial charge in [0.15, 0.2) is 0 Å². The minimum atomic E-state index is -0.509. The van der Waals surface area contributed by atoms with Gasteiger partial charge in [-0.05, 0) is 54.7 Å². The minimum absolute atomic E-state index is 0.00828. The van der Waals surface area contributed by atoms with E-state index >= 15 is 0 Å². The van der Waals surface area contributed by atoms with Crippen LogP contribution < -0.4 is 11.5 Å². The smallest absolute Gasteiger partial charge is 0.248 e. The van der Waals surface area contributed by atoms with E-state index in [0.29, 0.717) is 31.5 Å². The first-order valence-corrected chi connectivity index (χ1v) is 11.0. The number of rotatable bonds is 6. The highest BCUT2D eigenvalue weighted by molar-refractivity contribution is 5.94. The third-order valence-electron chi connectivity index (χ3n) is 6.00. The molecular formula is C25H26FN5O2. The third kappa shape index (κ3) is 5.34. The molecule has 4 rings (SSSR count). The molecule has 8 heteroatoms. The summed E-state index contributed by atoms with van der Waals surface area (Å²) in [6, 6.07) is 13.2. The Morgan fingerprint density at radius 2 is 1.94 bits per heavy atom. The van der Waals surface area contributed by atoms with Gasteiger partial charge in [0.25, 0.3) is 0 Å². The number of aromatic nitrogens is 2. The van der Waals surface area contributed by atoms with Crippen LogP contribution in [0.4, 0.5) is 10.3 Å². The van der Waals surface area contributed by atoms with E-state index in [4.69, 9.17) is 11.5 Å². The Bertz CT molecular complexity index is 1170. The highest BCUT2D eigenvalue weighted by Crippen LogP contribution is 2.34. The maximum atomic E-state index is 13.1. The van der Waals surface area contributed by atoms with Crippen LogP contribution >= 0.6 is 0 Å². The molecule has 170 valence electrons. The van der Waals surface area contributed by atoms with Crippen molar-refractivity contribution in [1.29, 1.82) is 0 Å². The number of nitrogens with zero attached hydrogens (tertiary/aromatic N) is 3. The van der Waals surface area contributed by atoms with Crippen molar-refractivity contribution in [1.82, 2.24) is 14.9 Å². The summed E-state index contributed by atoms with van der Waals surface area (Å²) in [6.07, 6.45) is 4.29. The van der Waals surface area contributed by atoms with Gasteiger partial charge < -0.3 is 16.4 Å². The minimum Gasteiger partial charge on any atom is -0.368 e. The first-order chi connectivity index (χ1) is 15.9. The number of piperidine rings is 1. The van der Waals surface area contributed by atoms with Crippen LogP contribution in [0.15, 0.2) is 54.7 Å². The number of aryl methyl sites for hydroxylation is 1. The molecule has 0 spiro atoms. The number of nitrogen functional groups attached to an aromatic ring is 1. The Morgan fingerprint density at radius 3 is 2.70 bits per heavy atom. The molecule has 0 radical (unpaired) electrons. The van der Waals surface area contributed by atoms with Crippen molar-refractivity contribution in [3.05, 3.63) is 77.4 Å². The van der Waals surface area contributed by atoms with Crippen LogP contribution in [0.1, 0.15) is 46.8 Å². The monoisotopic (exact) mass is 447 g/mol. The number of primary amides is 1. The lowest BCUT2D eigenvalue weighted by Crippen LogP contribution is -2.39. The van der Waals surface area contributed by atoms with Crippen molar-refractivity contribution in [3.63, 3.8) is 0 Å². The fourth-order valence-corrected chi connectivity index (χ4v) is 4.27. The van der Waals surface area contributed by atoms with Gasteiger partial charge in [0.1, 0.15) is 5.82 Å². The number of halogens is 1. The quantitative estimate of drug-likeness (QED) is 0.602. The highest BCUT2D eigenvalue weighted by atomic mass is 19.1. The van der Waals surface area contributed by atoms with E-state index in [0.717, 1.165) is 35.2 Å². The Balaban J connectivity index is 1.52. The Kier molecular flexibility index (Phi) is 6.63. The van der Waals surface area contributed by atoms with Gasteiger partial charge in [0, 0.05) is 42.8 Å². The molecule has 7 nitrogen and oxygen atoms in total. The number of anilines is 1. The highest BCUT2D eigenvalue weighted by Gasteiger charge is 2.28. The first-order valence-electron chi connectivity index (χ1n) is 11.0. The summed E-state index contributed by atoms with van der Waals surface area (Å²) in [5.41, 5.74) is 15.0. The summed E-state index contributed by atoms with van der Waals surface area (Å²) >= 11 is 0. The van der Waals surface area contributed by atoms with E-state index in [1.54, 1.807) is 36.5 Å². The molecule has 0 saturated carbocycles. The van der Waals surface area contributed by atoms with Crippen molar-refractivity contribution < 1.29 is 14.0 Å². The summed E-state index contributed by atoms with van der Waals surface area (Å²) in [7, 11) is 0. The molecule has 1 aliphatic heterocycles. The summed E-state index contributed by atoms with van der Waals surface area (Å²) in [4.78, 5) is 35.1. The number of carbonyl (C=O) groups is 2. The average Bonchev–Trinajstić information content (AvgIpc) is 2.83. The molecule has 3 aromatic rings. The normalized spacial score (nSPS) is 15.9. The maximum Gasteiger partial charge on any atom is 0.248 e. The summed E-state index contributed by atoms with van der Waals surface area (Å²) in [5.74, 6) is -0.579. The van der Waals surface area contributed by atoms with E-state index in [1.165, 1.54) is 12.1 Å². The lowest BCUT2D eigenvalue weighted by Gasteiger charge is -2.33. The van der Waals surface area contributed by atoms with Crippen molar-refractivity contribution in [2.75, 3.05) is 18.8 Å². The molecule has 0 aliphatic carbocycles. The predicted molar refractivity (Wildman–Crippen MR) is 124 cm³/mol. The zero-order valence-electron chi connectivity index (χ0n) is 18.2. The second-order valence-electron chi connectivity index (χ2n) is 8.28. The van der Waals surface area contributed by atoms with Gasteiger partial charge in [-0.2, -0.15) is 0 Å². The predicted octanol–water partition coefficient (Wildman–Crippen LogP) is 3.30. The zero-order valence-corrected chi connectivity index (χ0v) is 18.2. The molecule has 2 heterocycles. The molecule has 1 fully saturated rings. The van der Waals surface area contributed by atoms with Gasteiger partial charge in [-0.3, -0.25) is 9.59 Å². The van der Waals surface area contributed by atoms with Gasteiger partial charge in [-0.1, -0.05) is 24.3 Å². The Hall–Kier alpha value is -3.81. The number of nitrogens with two attached hydrogens (primary N) is 2. The number of hydrogen-bond acceptors (Lipinski definition) is 5. The van der Waals surface area contributed by atoms with Gasteiger partial charge >= 0.3 is 0 Å². The van der Waals surface area contributed by atoms with E-state index in [-0.39, 0.29) is 23.6 Å².